The maximum absolute atomic E-state index is 12.6. The van der Waals surface area contributed by atoms with Gasteiger partial charge in [0.05, 0.1) is 18.9 Å². The van der Waals surface area contributed by atoms with Crippen molar-refractivity contribution in [3.8, 4) is 23.1 Å². The largest absolute Gasteiger partial charge is 0.481 e. The Balaban J connectivity index is 0.000000341. The van der Waals surface area contributed by atoms with E-state index >= 15 is 0 Å². The van der Waals surface area contributed by atoms with Gasteiger partial charge in [0.25, 0.3) is 11.8 Å². The molecule has 48 heavy (non-hydrogen) atoms. The third-order valence-electron chi connectivity index (χ3n) is 7.25. The molecule has 248 valence electrons. The number of amides is 2. The van der Waals surface area contributed by atoms with E-state index in [0.717, 1.165) is 18.4 Å². The van der Waals surface area contributed by atoms with E-state index in [9.17, 15) is 24.0 Å². The van der Waals surface area contributed by atoms with E-state index in [1.165, 1.54) is 0 Å². The standard InChI is InChI=1S/C26H23N7O2.C6H8O7/c1-2-7-21(34)32-14-6-10-19(32)25-31-22(23-24(27)29-13-15-33(23)25)18-11-12-28-20(16-18)30-26(35)17-8-4-3-5-9-17;7-3(8)1-6(13,5(11)12)2-4(9)10/h3-5,8-9,11-13,15-16,19H,6,10,14H2,1H3,(H2,27,29)(H,28,30,35);13H,1-2H2,(H,7,8)(H,9,10)(H,11,12)/t19-;/m0./s1. The van der Waals surface area contributed by atoms with Crippen LogP contribution >= 0.6 is 0 Å². The van der Waals surface area contributed by atoms with Crippen LogP contribution in [0.25, 0.3) is 16.8 Å². The minimum atomic E-state index is -2.74. The molecule has 0 bridgehead atoms. The summed E-state index contributed by atoms with van der Waals surface area (Å²) in [6.07, 6.45) is 4.36. The lowest BCUT2D eigenvalue weighted by molar-refractivity contribution is -0.170. The molecule has 16 heteroatoms. The van der Waals surface area contributed by atoms with Crippen LogP contribution in [0.15, 0.2) is 61.1 Å². The highest BCUT2D eigenvalue weighted by atomic mass is 16.4. The van der Waals surface area contributed by atoms with Gasteiger partial charge < -0.3 is 36.4 Å². The number of hydrogen-bond donors (Lipinski definition) is 6. The summed E-state index contributed by atoms with van der Waals surface area (Å²) in [5.41, 5.74) is 6.03. The highest BCUT2D eigenvalue weighted by Crippen LogP contribution is 2.36. The fourth-order valence-electron chi connectivity index (χ4n) is 5.12. The molecule has 0 spiro atoms. The minimum absolute atomic E-state index is 0.217. The molecule has 7 N–H and O–H groups in total. The number of aliphatic hydroxyl groups is 1. The molecule has 4 aromatic rings. The molecular weight excluding hydrogens is 626 g/mol. The Kier molecular flexibility index (Phi) is 10.7. The molecule has 1 saturated heterocycles. The van der Waals surface area contributed by atoms with Crippen LogP contribution in [-0.2, 0) is 19.2 Å². The number of carbonyl (C=O) groups excluding carboxylic acids is 2. The second-order valence-electron chi connectivity index (χ2n) is 10.6. The number of nitrogens with two attached hydrogens (primary N) is 1. The molecule has 1 aliphatic heterocycles. The Morgan fingerprint density at radius 1 is 1.02 bits per heavy atom. The smallest absolute Gasteiger partial charge is 0.336 e. The van der Waals surface area contributed by atoms with Crippen molar-refractivity contribution in [1.82, 2.24) is 24.3 Å². The molecule has 1 aliphatic rings. The number of nitrogens with one attached hydrogen (secondary N) is 1. The van der Waals surface area contributed by atoms with E-state index in [-0.39, 0.29) is 17.9 Å². The highest BCUT2D eigenvalue weighted by Gasteiger charge is 2.41. The summed E-state index contributed by atoms with van der Waals surface area (Å²) in [6, 6.07) is 12.2. The highest BCUT2D eigenvalue weighted by molar-refractivity contribution is 6.04. The van der Waals surface area contributed by atoms with Crippen molar-refractivity contribution in [2.45, 2.75) is 44.2 Å². The Bertz CT molecular complexity index is 1920. The number of nitrogen functional groups attached to an aromatic ring is 1. The molecule has 0 radical (unpaired) electrons. The molecular formula is C32H31N7O9. The average molecular weight is 658 g/mol. The van der Waals surface area contributed by atoms with Gasteiger partial charge in [0.1, 0.15) is 28.7 Å². The maximum Gasteiger partial charge on any atom is 0.336 e. The van der Waals surface area contributed by atoms with Gasteiger partial charge in [-0.2, -0.15) is 0 Å². The number of rotatable bonds is 9. The quantitative estimate of drug-likeness (QED) is 0.141. The van der Waals surface area contributed by atoms with Crippen LogP contribution in [-0.4, -0.2) is 86.5 Å². The zero-order valence-corrected chi connectivity index (χ0v) is 25.5. The number of imidazole rings is 1. The first kappa shape index (κ1) is 34.5. The summed E-state index contributed by atoms with van der Waals surface area (Å²) in [6.45, 7) is 2.27. The van der Waals surface area contributed by atoms with Crippen LogP contribution in [0.1, 0.15) is 54.8 Å². The van der Waals surface area contributed by atoms with Crippen molar-refractivity contribution in [2.24, 2.45) is 0 Å². The van der Waals surface area contributed by atoms with Crippen molar-refractivity contribution >= 4 is 46.9 Å². The van der Waals surface area contributed by atoms with Gasteiger partial charge in [0.15, 0.2) is 5.60 Å². The number of carboxylic acid groups (broad SMARTS) is 3. The van der Waals surface area contributed by atoms with E-state index in [2.05, 4.69) is 27.1 Å². The van der Waals surface area contributed by atoms with Gasteiger partial charge in [-0.25, -0.2) is 19.7 Å². The number of benzene rings is 1. The number of aliphatic carboxylic acids is 3. The van der Waals surface area contributed by atoms with E-state index in [0.29, 0.717) is 40.8 Å². The Labute approximate surface area is 272 Å². The fourth-order valence-corrected chi connectivity index (χ4v) is 5.12. The van der Waals surface area contributed by atoms with Gasteiger partial charge in [0.2, 0.25) is 0 Å². The second kappa shape index (κ2) is 14.8. The van der Waals surface area contributed by atoms with Gasteiger partial charge >= 0.3 is 17.9 Å². The molecule has 1 atom stereocenters. The summed E-state index contributed by atoms with van der Waals surface area (Å²) in [7, 11) is 0. The third-order valence-corrected chi connectivity index (χ3v) is 7.25. The first-order valence-electron chi connectivity index (χ1n) is 14.4. The number of hydrogen-bond acceptors (Lipinski definition) is 10. The number of carbonyl (C=O) groups is 5. The first-order chi connectivity index (χ1) is 22.8. The van der Waals surface area contributed by atoms with Crippen LogP contribution in [0, 0.1) is 11.8 Å². The van der Waals surface area contributed by atoms with E-state index in [1.807, 2.05) is 10.5 Å². The predicted molar refractivity (Wildman–Crippen MR) is 169 cm³/mol. The predicted octanol–water partition coefficient (Wildman–Crippen LogP) is 2.06. The van der Waals surface area contributed by atoms with Crippen molar-refractivity contribution < 1.29 is 44.4 Å². The van der Waals surface area contributed by atoms with E-state index < -0.39 is 36.4 Å². The number of aromatic nitrogens is 4. The van der Waals surface area contributed by atoms with Crippen LogP contribution in [0.5, 0.6) is 0 Å². The summed E-state index contributed by atoms with van der Waals surface area (Å²) < 4.78 is 1.88. The molecule has 16 nitrogen and oxygen atoms in total. The van der Waals surface area contributed by atoms with E-state index in [4.69, 9.17) is 31.1 Å². The van der Waals surface area contributed by atoms with Crippen molar-refractivity contribution in [3.63, 3.8) is 0 Å². The minimum Gasteiger partial charge on any atom is -0.481 e. The maximum atomic E-state index is 12.6. The van der Waals surface area contributed by atoms with Gasteiger partial charge in [-0.3, -0.25) is 23.6 Å². The number of nitrogens with zero attached hydrogens (tertiary/aromatic N) is 5. The van der Waals surface area contributed by atoms with Crippen LogP contribution in [0.4, 0.5) is 11.6 Å². The fraction of sp³-hybridized carbons (Fsp3) is 0.250. The zero-order chi connectivity index (χ0) is 35.0. The molecule has 2 amide bonds. The molecule has 4 heterocycles. The summed E-state index contributed by atoms with van der Waals surface area (Å²) in [5.74, 6) is 1.23. The van der Waals surface area contributed by atoms with Gasteiger partial charge in [-0.05, 0) is 50.0 Å². The Hall–Kier alpha value is -6.34. The lowest BCUT2D eigenvalue weighted by atomic mass is 9.96. The number of likely N-dealkylation sites (tertiary alicyclic amines) is 1. The van der Waals surface area contributed by atoms with Crippen LogP contribution in [0.3, 0.4) is 0 Å². The number of carboxylic acids is 3. The SMILES string of the molecule is CC#CC(=O)N1CCC[C@H]1c1nc(-c2ccnc(NC(=O)c3ccccc3)c2)c2c(N)nccn12.O=C(O)CC(O)(CC(=O)O)C(=O)O. The molecule has 1 fully saturated rings. The zero-order valence-electron chi connectivity index (χ0n) is 25.5. The van der Waals surface area contributed by atoms with E-state index in [1.54, 1.807) is 66.8 Å². The van der Waals surface area contributed by atoms with Crippen molar-refractivity contribution in [1.29, 1.82) is 0 Å². The van der Waals surface area contributed by atoms with Gasteiger partial charge in [-0.15, -0.1) is 0 Å². The van der Waals surface area contributed by atoms with Crippen LogP contribution < -0.4 is 11.1 Å². The molecule has 0 unspecified atom stereocenters. The molecule has 1 aromatic carbocycles. The number of anilines is 2. The van der Waals surface area contributed by atoms with Crippen LogP contribution in [0.2, 0.25) is 0 Å². The summed E-state index contributed by atoms with van der Waals surface area (Å²) in [5, 5.41) is 36.6. The summed E-state index contributed by atoms with van der Waals surface area (Å²) >= 11 is 0. The normalized spacial score (nSPS) is 13.9. The lowest BCUT2D eigenvalue weighted by Gasteiger charge is -2.21. The molecule has 5 rings (SSSR count). The van der Waals surface area contributed by atoms with Gasteiger partial charge in [-0.1, -0.05) is 24.1 Å². The Morgan fingerprint density at radius 3 is 2.33 bits per heavy atom. The number of fused-ring (bicyclic) bond motifs is 1. The Morgan fingerprint density at radius 2 is 1.71 bits per heavy atom. The molecule has 3 aromatic heterocycles. The summed E-state index contributed by atoms with van der Waals surface area (Å²) in [4.78, 5) is 70.9. The topological polar surface area (TPSA) is 251 Å². The van der Waals surface area contributed by atoms with Crippen molar-refractivity contribution in [2.75, 3.05) is 17.6 Å². The first-order valence-corrected chi connectivity index (χ1v) is 14.4. The van der Waals surface area contributed by atoms with Gasteiger partial charge in [0, 0.05) is 36.3 Å². The third kappa shape index (κ3) is 7.89. The lowest BCUT2D eigenvalue weighted by Crippen LogP contribution is -2.42. The monoisotopic (exact) mass is 657 g/mol. The second-order valence-corrected chi connectivity index (χ2v) is 10.6. The number of pyridine rings is 1. The molecule has 0 saturated carbocycles. The average Bonchev–Trinajstić information content (AvgIpc) is 3.67. The molecule has 0 aliphatic carbocycles. The van der Waals surface area contributed by atoms with Crippen molar-refractivity contribution in [3.05, 3.63) is 72.4 Å².